The summed E-state index contributed by atoms with van der Waals surface area (Å²) < 4.78 is 7.33. The fraction of sp³-hybridized carbons (Fsp3) is 0.391. The molecule has 27 heavy (non-hydrogen) atoms. The highest BCUT2D eigenvalue weighted by Crippen LogP contribution is 2.24. The zero-order valence-corrected chi connectivity index (χ0v) is 18.9. The van der Waals surface area contributed by atoms with E-state index < -0.39 is 8.56 Å². The molecule has 0 radical (unpaired) electrons. The van der Waals surface area contributed by atoms with Crippen LogP contribution in [0.5, 0.6) is 0 Å². The quantitative estimate of drug-likeness (QED) is 0.600. The molecule has 0 saturated carbocycles. The Hall–Kier alpha value is -1.72. The van der Waals surface area contributed by atoms with Crippen LogP contribution in [0, 0.1) is 0 Å². The Bertz CT molecular complexity index is 699. The number of aryl methyl sites for hydroxylation is 1. The number of hydrogen-bond donors (Lipinski definition) is 0. The Balaban J connectivity index is 2.01. The molecule has 2 aromatic carbocycles. The van der Waals surface area contributed by atoms with Crippen LogP contribution in [0.25, 0.3) is 5.57 Å². The van der Waals surface area contributed by atoms with E-state index in [9.17, 15) is 0 Å². The van der Waals surface area contributed by atoms with Gasteiger partial charge in [0.05, 0.1) is 0 Å². The van der Waals surface area contributed by atoms with Crippen molar-refractivity contribution in [2.45, 2.75) is 18.9 Å². The van der Waals surface area contributed by atoms with E-state index in [-0.39, 0.29) is 0 Å². The third-order valence-corrected chi connectivity index (χ3v) is 10.9. The molecule has 0 bridgehead atoms. The van der Waals surface area contributed by atoms with E-state index in [1.165, 1.54) is 29.2 Å². The van der Waals surface area contributed by atoms with Gasteiger partial charge in [0.2, 0.25) is 0 Å². The molecule has 0 aromatic heterocycles. The Morgan fingerprint density at radius 2 is 1.22 bits per heavy atom. The molecule has 0 unspecified atom stereocenters. The third-order valence-electron chi connectivity index (χ3n) is 5.55. The molecule has 0 aliphatic heterocycles. The smallest absolute Gasteiger partial charge is 0.288 e. The molecule has 0 heterocycles. The van der Waals surface area contributed by atoms with Gasteiger partial charge in [-0.3, -0.25) is 0 Å². The largest absolute Gasteiger partial charge is 0.305 e. The number of nitrogens with zero attached hydrogens (tertiary/aromatic N) is 3. The van der Waals surface area contributed by atoms with Gasteiger partial charge < -0.3 is 13.7 Å². The van der Waals surface area contributed by atoms with Gasteiger partial charge in [-0.1, -0.05) is 61.2 Å². The number of hydrogen-bond acceptors (Lipinski definition) is 3. The molecular formula is C23H35N3Si. The van der Waals surface area contributed by atoms with E-state index in [4.69, 9.17) is 0 Å². The lowest BCUT2D eigenvalue weighted by atomic mass is 9.98. The van der Waals surface area contributed by atoms with Crippen LogP contribution in [0.2, 0.25) is 6.04 Å². The Kier molecular flexibility index (Phi) is 7.56. The summed E-state index contributed by atoms with van der Waals surface area (Å²) in [6.07, 6.45) is 2.31. The number of rotatable bonds is 9. The minimum absolute atomic E-state index is 1.08. The van der Waals surface area contributed by atoms with Crippen molar-refractivity contribution < 1.29 is 0 Å². The van der Waals surface area contributed by atoms with Gasteiger partial charge in [-0.25, -0.2) is 0 Å². The van der Waals surface area contributed by atoms with Gasteiger partial charge in [0.1, 0.15) is 0 Å². The van der Waals surface area contributed by atoms with Crippen molar-refractivity contribution in [3.05, 3.63) is 77.9 Å². The van der Waals surface area contributed by atoms with E-state index in [1.54, 1.807) is 0 Å². The first-order valence-electron chi connectivity index (χ1n) is 9.65. The molecule has 0 spiro atoms. The highest BCUT2D eigenvalue weighted by Gasteiger charge is 2.41. The van der Waals surface area contributed by atoms with Gasteiger partial charge in [0, 0.05) is 0 Å². The summed E-state index contributed by atoms with van der Waals surface area (Å²) in [6.45, 7) is 4.27. The maximum Gasteiger partial charge on any atom is 0.288 e. The van der Waals surface area contributed by atoms with Gasteiger partial charge in [-0.2, -0.15) is 0 Å². The van der Waals surface area contributed by atoms with Gasteiger partial charge in [0.15, 0.2) is 0 Å². The SMILES string of the molecule is C=C(c1ccccc1)c1ccc(CCC[Si](N(C)C)(N(C)C)N(C)C)cc1. The van der Waals surface area contributed by atoms with Crippen molar-refractivity contribution in [2.75, 3.05) is 42.3 Å². The second-order valence-electron chi connectivity index (χ2n) is 7.85. The molecular weight excluding hydrogens is 346 g/mol. The Labute approximate surface area is 167 Å². The average molecular weight is 382 g/mol. The van der Waals surface area contributed by atoms with Crippen LogP contribution in [0.1, 0.15) is 23.1 Å². The second kappa shape index (κ2) is 9.47. The predicted octanol–water partition coefficient (Wildman–Crippen LogP) is 4.30. The van der Waals surface area contributed by atoms with Gasteiger partial charge in [-0.05, 0) is 83.4 Å². The third kappa shape index (κ3) is 4.96. The summed E-state index contributed by atoms with van der Waals surface area (Å²) in [5.74, 6) is 0. The first-order valence-corrected chi connectivity index (χ1v) is 11.7. The first kappa shape index (κ1) is 21.6. The highest BCUT2D eigenvalue weighted by molar-refractivity contribution is 6.71. The van der Waals surface area contributed by atoms with Crippen LogP contribution in [0.4, 0.5) is 0 Å². The summed E-state index contributed by atoms with van der Waals surface area (Å²) in [4.78, 5) is 0. The molecule has 0 atom stereocenters. The zero-order valence-electron chi connectivity index (χ0n) is 17.9. The van der Waals surface area contributed by atoms with Gasteiger partial charge in [-0.15, -0.1) is 0 Å². The molecule has 0 aliphatic carbocycles. The summed E-state index contributed by atoms with van der Waals surface area (Å²) in [6, 6.07) is 20.5. The molecule has 146 valence electrons. The molecule has 0 aliphatic rings. The monoisotopic (exact) mass is 381 g/mol. The lowest BCUT2D eigenvalue weighted by molar-refractivity contribution is 0.373. The van der Waals surface area contributed by atoms with Crippen LogP contribution in [0.3, 0.4) is 0 Å². The van der Waals surface area contributed by atoms with Crippen molar-refractivity contribution in [3.8, 4) is 0 Å². The molecule has 4 heteroatoms. The fourth-order valence-electron chi connectivity index (χ4n) is 4.08. The van der Waals surface area contributed by atoms with Gasteiger partial charge in [0.25, 0.3) is 8.56 Å². The standard InChI is InChI=1S/C23H35N3Si/c1-20(22-13-9-8-10-14-22)23-17-15-21(16-18-23)12-11-19-27(24(2)3,25(4)5)26(6)7/h8-10,13-18H,1,11-12,19H2,2-7H3. The minimum Gasteiger partial charge on any atom is -0.305 e. The van der Waals surface area contributed by atoms with E-state index in [0.717, 1.165) is 12.0 Å². The average Bonchev–Trinajstić information content (AvgIpc) is 2.65. The summed E-state index contributed by atoms with van der Waals surface area (Å²) in [5.41, 5.74) is 4.87. The fourth-order valence-corrected chi connectivity index (χ4v) is 8.47. The zero-order chi connectivity index (χ0) is 20.0. The van der Waals surface area contributed by atoms with E-state index in [2.05, 4.69) is 111 Å². The molecule has 2 aromatic rings. The van der Waals surface area contributed by atoms with E-state index in [1.807, 2.05) is 6.07 Å². The van der Waals surface area contributed by atoms with Crippen LogP contribution >= 0.6 is 0 Å². The lowest BCUT2D eigenvalue weighted by Crippen LogP contribution is -2.69. The molecule has 2 rings (SSSR count). The molecule has 0 fully saturated rings. The highest BCUT2D eigenvalue weighted by atomic mass is 28.4. The topological polar surface area (TPSA) is 9.72 Å². The first-order chi connectivity index (χ1) is 12.8. The van der Waals surface area contributed by atoms with Crippen LogP contribution in [-0.4, -0.2) is 64.5 Å². The summed E-state index contributed by atoms with van der Waals surface area (Å²) in [5, 5.41) is 0. The predicted molar refractivity (Wildman–Crippen MR) is 121 cm³/mol. The van der Waals surface area contributed by atoms with E-state index in [0.29, 0.717) is 0 Å². The maximum absolute atomic E-state index is 4.27. The second-order valence-corrected chi connectivity index (χ2v) is 12.6. The van der Waals surface area contributed by atoms with Crippen LogP contribution in [-0.2, 0) is 6.42 Å². The van der Waals surface area contributed by atoms with Crippen molar-refractivity contribution >= 4 is 14.1 Å². The van der Waals surface area contributed by atoms with Crippen LogP contribution < -0.4 is 0 Å². The minimum atomic E-state index is -1.77. The van der Waals surface area contributed by atoms with Crippen molar-refractivity contribution in [1.29, 1.82) is 0 Å². The maximum atomic E-state index is 4.27. The normalized spacial score (nSPS) is 12.2. The summed E-state index contributed by atoms with van der Waals surface area (Å²) in [7, 11) is 11.5. The van der Waals surface area contributed by atoms with Crippen molar-refractivity contribution in [1.82, 2.24) is 13.7 Å². The molecule has 0 saturated heterocycles. The van der Waals surface area contributed by atoms with Crippen molar-refractivity contribution in [3.63, 3.8) is 0 Å². The molecule has 3 nitrogen and oxygen atoms in total. The summed E-state index contributed by atoms with van der Waals surface area (Å²) >= 11 is 0. The Morgan fingerprint density at radius 3 is 1.70 bits per heavy atom. The van der Waals surface area contributed by atoms with Crippen molar-refractivity contribution in [2.24, 2.45) is 0 Å². The lowest BCUT2D eigenvalue weighted by Gasteiger charge is -2.46. The number of benzene rings is 2. The molecule has 0 N–H and O–H groups in total. The molecule has 0 amide bonds. The van der Waals surface area contributed by atoms with Gasteiger partial charge >= 0.3 is 0 Å². The Morgan fingerprint density at radius 1 is 0.741 bits per heavy atom. The van der Waals surface area contributed by atoms with Crippen LogP contribution in [0.15, 0.2) is 61.2 Å². The van der Waals surface area contributed by atoms with E-state index >= 15 is 0 Å².